The van der Waals surface area contributed by atoms with Gasteiger partial charge in [0, 0.05) is 31.0 Å². The van der Waals surface area contributed by atoms with Gasteiger partial charge in [0.25, 0.3) is 0 Å². The third kappa shape index (κ3) is 4.40. The molecular formula is C27H21ISi. The molecule has 0 radical (unpaired) electrons. The lowest BCUT2D eigenvalue weighted by Crippen LogP contribution is -2.16. The van der Waals surface area contributed by atoms with E-state index in [4.69, 9.17) is 0 Å². The zero-order valence-electron chi connectivity index (χ0n) is 16.8. The molecule has 0 N–H and O–H groups in total. The van der Waals surface area contributed by atoms with E-state index in [1.807, 2.05) is 0 Å². The maximum absolute atomic E-state index is 3.50. The molecule has 0 unspecified atom stereocenters. The highest BCUT2D eigenvalue weighted by atomic mass is 127. The van der Waals surface area contributed by atoms with Crippen LogP contribution in [0.15, 0.2) is 72.8 Å². The summed E-state index contributed by atoms with van der Waals surface area (Å²) in [6.07, 6.45) is 0. The van der Waals surface area contributed by atoms with Gasteiger partial charge in [0.15, 0.2) is 0 Å². The lowest BCUT2D eigenvalue weighted by atomic mass is 9.99. The van der Waals surface area contributed by atoms with E-state index in [0.717, 1.165) is 22.1 Å². The Balaban J connectivity index is 1.91. The van der Waals surface area contributed by atoms with E-state index in [1.54, 1.807) is 0 Å². The van der Waals surface area contributed by atoms with E-state index >= 15 is 0 Å². The van der Waals surface area contributed by atoms with Gasteiger partial charge in [-0.1, -0.05) is 85.9 Å². The van der Waals surface area contributed by atoms with Crippen molar-refractivity contribution in [1.29, 1.82) is 0 Å². The molecule has 0 saturated heterocycles. The number of halogens is 1. The Bertz CT molecular complexity index is 1340. The van der Waals surface area contributed by atoms with E-state index in [2.05, 4.69) is 138 Å². The van der Waals surface area contributed by atoms with E-state index in [-0.39, 0.29) is 0 Å². The van der Waals surface area contributed by atoms with Gasteiger partial charge < -0.3 is 0 Å². The minimum Gasteiger partial charge on any atom is -0.127 e. The molecule has 0 aliphatic carbocycles. The van der Waals surface area contributed by atoms with Gasteiger partial charge in [0.2, 0.25) is 0 Å². The van der Waals surface area contributed by atoms with Crippen LogP contribution in [0, 0.1) is 26.9 Å². The van der Waals surface area contributed by atoms with Crippen molar-refractivity contribution in [2.24, 2.45) is 0 Å². The van der Waals surface area contributed by atoms with Gasteiger partial charge >= 0.3 is 0 Å². The standard InChI is InChI=1S/C27H21ISi/c1-29(2,3)19-18-24-13-5-9-20-8-4-11-22(26(20)24)16-17-23-12-6-10-21-14-7-15-25(28)27(21)23/h4-15H,1-3H3. The van der Waals surface area contributed by atoms with Crippen molar-refractivity contribution in [3.05, 3.63) is 93.1 Å². The summed E-state index contributed by atoms with van der Waals surface area (Å²) in [5, 5.41) is 4.79. The second-order valence-corrected chi connectivity index (χ2v) is 14.0. The number of rotatable bonds is 0. The number of fused-ring (bicyclic) bond motifs is 2. The zero-order chi connectivity index (χ0) is 20.4. The Morgan fingerprint density at radius 3 is 1.59 bits per heavy atom. The molecular weight excluding hydrogens is 479 g/mol. The van der Waals surface area contributed by atoms with Crippen LogP contribution in [0.25, 0.3) is 21.5 Å². The van der Waals surface area contributed by atoms with Gasteiger partial charge in [-0.15, -0.1) is 5.54 Å². The van der Waals surface area contributed by atoms with E-state index in [0.29, 0.717) is 0 Å². The van der Waals surface area contributed by atoms with Crippen LogP contribution in [0.1, 0.15) is 16.7 Å². The zero-order valence-corrected chi connectivity index (χ0v) is 20.0. The van der Waals surface area contributed by atoms with Crippen LogP contribution < -0.4 is 0 Å². The fourth-order valence-corrected chi connectivity index (χ4v) is 4.66. The maximum Gasteiger partial charge on any atom is 0.129 e. The Hall–Kier alpha value is -2.53. The average Bonchev–Trinajstić information content (AvgIpc) is 2.70. The maximum atomic E-state index is 3.50. The molecule has 0 amide bonds. The summed E-state index contributed by atoms with van der Waals surface area (Å²) in [5.41, 5.74) is 6.67. The Kier molecular flexibility index (Phi) is 5.50. The molecule has 0 atom stereocenters. The summed E-state index contributed by atoms with van der Waals surface area (Å²) in [5.74, 6) is 10.3. The summed E-state index contributed by atoms with van der Waals surface area (Å²) in [6.45, 7) is 6.82. The first-order chi connectivity index (χ1) is 13.9. The van der Waals surface area contributed by atoms with Crippen molar-refractivity contribution in [3.8, 4) is 23.3 Å². The highest BCUT2D eigenvalue weighted by Gasteiger charge is 2.09. The first kappa shape index (κ1) is 19.8. The van der Waals surface area contributed by atoms with Gasteiger partial charge in [0.05, 0.1) is 0 Å². The summed E-state index contributed by atoms with van der Waals surface area (Å²) in [7, 11) is -1.45. The molecule has 0 bridgehead atoms. The van der Waals surface area contributed by atoms with Gasteiger partial charge in [-0.2, -0.15) is 0 Å². The normalized spacial score (nSPS) is 10.9. The molecule has 0 fully saturated rings. The first-order valence-corrected chi connectivity index (χ1v) is 14.2. The molecule has 0 spiro atoms. The minimum absolute atomic E-state index is 1.03. The molecule has 0 saturated carbocycles. The Morgan fingerprint density at radius 2 is 1.03 bits per heavy atom. The van der Waals surface area contributed by atoms with E-state index in [1.165, 1.54) is 19.7 Å². The van der Waals surface area contributed by atoms with Crippen molar-refractivity contribution in [2.75, 3.05) is 0 Å². The molecule has 0 aromatic heterocycles. The highest BCUT2D eigenvalue weighted by molar-refractivity contribution is 14.1. The van der Waals surface area contributed by atoms with Crippen LogP contribution in [-0.4, -0.2) is 8.07 Å². The molecule has 0 aliphatic rings. The summed E-state index contributed by atoms with van der Waals surface area (Å²) < 4.78 is 1.23. The fourth-order valence-electron chi connectivity index (χ4n) is 3.34. The Labute approximate surface area is 187 Å². The van der Waals surface area contributed by atoms with Gasteiger partial charge in [-0.3, -0.25) is 0 Å². The predicted octanol–water partition coefficient (Wildman–Crippen LogP) is 7.23. The SMILES string of the molecule is C[Si](C)(C)C#Cc1cccc2cccc(C#Cc3cccc4cccc(I)c34)c12. The lowest BCUT2D eigenvalue weighted by Gasteiger charge is -2.07. The van der Waals surface area contributed by atoms with Crippen LogP contribution in [0.2, 0.25) is 19.6 Å². The number of hydrogen-bond acceptors (Lipinski definition) is 0. The summed E-state index contributed by atoms with van der Waals surface area (Å²) >= 11 is 2.39. The molecule has 4 aromatic carbocycles. The second kappa shape index (κ2) is 8.07. The quantitative estimate of drug-likeness (QED) is 0.136. The van der Waals surface area contributed by atoms with Crippen molar-refractivity contribution >= 4 is 52.2 Å². The fraction of sp³-hybridized carbons (Fsp3) is 0.111. The molecule has 4 aromatic rings. The third-order valence-electron chi connectivity index (χ3n) is 4.66. The van der Waals surface area contributed by atoms with E-state index in [9.17, 15) is 0 Å². The second-order valence-electron chi connectivity index (χ2n) is 8.10. The average molecular weight is 500 g/mol. The summed E-state index contributed by atoms with van der Waals surface area (Å²) in [6, 6.07) is 25.4. The van der Waals surface area contributed by atoms with Crippen LogP contribution in [0.3, 0.4) is 0 Å². The highest BCUT2D eigenvalue weighted by Crippen LogP contribution is 2.25. The van der Waals surface area contributed by atoms with Gasteiger partial charge in [-0.25, -0.2) is 0 Å². The van der Waals surface area contributed by atoms with Crippen LogP contribution >= 0.6 is 22.6 Å². The van der Waals surface area contributed by atoms with Gasteiger partial charge in [-0.05, 0) is 57.6 Å². The Morgan fingerprint density at radius 1 is 0.586 bits per heavy atom. The third-order valence-corrected chi connectivity index (χ3v) is 6.44. The molecule has 0 heterocycles. The van der Waals surface area contributed by atoms with Crippen LogP contribution in [-0.2, 0) is 0 Å². The lowest BCUT2D eigenvalue weighted by molar-refractivity contribution is 1.65. The number of hydrogen-bond donors (Lipinski definition) is 0. The predicted molar refractivity (Wildman–Crippen MR) is 137 cm³/mol. The molecule has 4 rings (SSSR count). The van der Waals surface area contributed by atoms with Crippen LogP contribution in [0.4, 0.5) is 0 Å². The van der Waals surface area contributed by atoms with Crippen molar-refractivity contribution in [3.63, 3.8) is 0 Å². The number of benzene rings is 4. The topological polar surface area (TPSA) is 0 Å². The van der Waals surface area contributed by atoms with Crippen LogP contribution in [0.5, 0.6) is 0 Å². The first-order valence-electron chi connectivity index (χ1n) is 9.67. The molecule has 140 valence electrons. The summed E-state index contributed by atoms with van der Waals surface area (Å²) in [4.78, 5) is 0. The minimum atomic E-state index is -1.45. The molecule has 29 heavy (non-hydrogen) atoms. The van der Waals surface area contributed by atoms with Gasteiger partial charge in [0.1, 0.15) is 8.07 Å². The molecule has 2 heteroatoms. The monoisotopic (exact) mass is 500 g/mol. The molecule has 0 aliphatic heterocycles. The van der Waals surface area contributed by atoms with Crippen molar-refractivity contribution < 1.29 is 0 Å². The van der Waals surface area contributed by atoms with E-state index < -0.39 is 8.07 Å². The largest absolute Gasteiger partial charge is 0.129 e. The van der Waals surface area contributed by atoms with Crippen molar-refractivity contribution in [2.45, 2.75) is 19.6 Å². The molecule has 0 nitrogen and oxygen atoms in total. The van der Waals surface area contributed by atoms with Crippen molar-refractivity contribution in [1.82, 2.24) is 0 Å². The smallest absolute Gasteiger partial charge is 0.127 e.